The van der Waals surface area contributed by atoms with E-state index in [4.69, 9.17) is 17.3 Å². The summed E-state index contributed by atoms with van der Waals surface area (Å²) >= 11 is 5.89. The van der Waals surface area contributed by atoms with Gasteiger partial charge in [0, 0.05) is 19.1 Å². The van der Waals surface area contributed by atoms with E-state index in [1.54, 1.807) is 11.8 Å². The lowest BCUT2D eigenvalue weighted by Crippen LogP contribution is -2.32. The van der Waals surface area contributed by atoms with Crippen molar-refractivity contribution in [1.29, 1.82) is 0 Å². The molecule has 1 aliphatic rings. The summed E-state index contributed by atoms with van der Waals surface area (Å²) in [6.07, 6.45) is 0.795. The molecule has 92 valence electrons. The van der Waals surface area contributed by atoms with E-state index in [0.717, 1.165) is 6.42 Å². The molecule has 0 aromatic heterocycles. The zero-order valence-electron chi connectivity index (χ0n) is 9.54. The maximum absolute atomic E-state index is 13.2. The number of hydrogen-bond donors (Lipinski definition) is 1. The molecular formula is C12H14ClFN2O. The monoisotopic (exact) mass is 256 g/mol. The van der Waals surface area contributed by atoms with Crippen molar-refractivity contribution >= 4 is 17.5 Å². The van der Waals surface area contributed by atoms with Gasteiger partial charge in [-0.1, -0.05) is 11.6 Å². The molecule has 0 spiro atoms. The molecule has 1 amide bonds. The van der Waals surface area contributed by atoms with Crippen LogP contribution in [0.3, 0.4) is 0 Å². The van der Waals surface area contributed by atoms with E-state index in [-0.39, 0.29) is 17.0 Å². The number of benzene rings is 1. The van der Waals surface area contributed by atoms with Crippen molar-refractivity contribution in [2.45, 2.75) is 19.4 Å². The van der Waals surface area contributed by atoms with Gasteiger partial charge < -0.3 is 10.6 Å². The van der Waals surface area contributed by atoms with Crippen LogP contribution in [0.4, 0.5) is 4.39 Å². The minimum atomic E-state index is -0.398. The number of nitrogens with zero attached hydrogens (tertiary/aromatic N) is 1. The third-order valence-electron chi connectivity index (χ3n) is 2.99. The highest BCUT2D eigenvalue weighted by atomic mass is 35.5. The Bertz CT molecular complexity index is 464. The van der Waals surface area contributed by atoms with Crippen LogP contribution in [0.25, 0.3) is 0 Å². The van der Waals surface area contributed by atoms with Crippen molar-refractivity contribution in [3.05, 3.63) is 34.1 Å². The molecule has 1 aromatic carbocycles. The summed E-state index contributed by atoms with van der Waals surface area (Å²) in [7, 11) is 0. The van der Waals surface area contributed by atoms with Crippen LogP contribution in [0.5, 0.6) is 0 Å². The number of nitrogens with two attached hydrogens (primary N) is 1. The fourth-order valence-electron chi connectivity index (χ4n) is 1.96. The first kappa shape index (κ1) is 12.3. The van der Waals surface area contributed by atoms with E-state index in [1.807, 2.05) is 0 Å². The Morgan fingerprint density at radius 1 is 1.59 bits per heavy atom. The fourth-order valence-corrected chi connectivity index (χ4v) is 2.19. The minimum absolute atomic E-state index is 0.0271. The Labute approximate surface area is 104 Å². The molecule has 1 saturated heterocycles. The van der Waals surface area contributed by atoms with Gasteiger partial charge in [-0.2, -0.15) is 0 Å². The van der Waals surface area contributed by atoms with Crippen molar-refractivity contribution in [2.75, 3.05) is 13.1 Å². The number of aryl methyl sites for hydroxylation is 1. The zero-order valence-corrected chi connectivity index (χ0v) is 10.3. The molecule has 17 heavy (non-hydrogen) atoms. The van der Waals surface area contributed by atoms with Gasteiger partial charge in [-0.05, 0) is 31.0 Å². The lowest BCUT2D eigenvalue weighted by atomic mass is 10.1. The largest absolute Gasteiger partial charge is 0.337 e. The van der Waals surface area contributed by atoms with Crippen molar-refractivity contribution in [3.63, 3.8) is 0 Å². The number of amides is 1. The summed E-state index contributed by atoms with van der Waals surface area (Å²) in [6, 6.07) is 2.70. The van der Waals surface area contributed by atoms with Gasteiger partial charge in [-0.3, -0.25) is 4.79 Å². The van der Waals surface area contributed by atoms with Crippen LogP contribution >= 0.6 is 11.6 Å². The standard InChI is InChI=1S/C12H14ClFN2O/c1-7-4-9(10(13)5-11(7)14)12(17)16-3-2-8(15)6-16/h4-5,8H,2-3,6,15H2,1H3/t8-/m0/s1. The molecule has 0 unspecified atom stereocenters. The Balaban J connectivity index is 2.28. The number of carbonyl (C=O) groups excluding carboxylic acids is 1. The second kappa shape index (κ2) is 4.63. The predicted octanol–water partition coefficient (Wildman–Crippen LogP) is 1.96. The topological polar surface area (TPSA) is 46.3 Å². The van der Waals surface area contributed by atoms with E-state index < -0.39 is 5.82 Å². The molecule has 3 nitrogen and oxygen atoms in total. The quantitative estimate of drug-likeness (QED) is 0.835. The average molecular weight is 257 g/mol. The van der Waals surface area contributed by atoms with E-state index in [0.29, 0.717) is 24.2 Å². The van der Waals surface area contributed by atoms with E-state index >= 15 is 0 Å². The summed E-state index contributed by atoms with van der Waals surface area (Å²) in [5.41, 5.74) is 6.51. The smallest absolute Gasteiger partial charge is 0.255 e. The van der Waals surface area contributed by atoms with Gasteiger partial charge in [0.15, 0.2) is 0 Å². The summed E-state index contributed by atoms with van der Waals surface area (Å²) in [5.74, 6) is -0.573. The van der Waals surface area contributed by atoms with Crippen LogP contribution in [0.2, 0.25) is 5.02 Å². The van der Waals surface area contributed by atoms with Crippen molar-refractivity contribution < 1.29 is 9.18 Å². The normalized spacial score (nSPS) is 19.8. The molecule has 0 saturated carbocycles. The third kappa shape index (κ3) is 2.42. The zero-order chi connectivity index (χ0) is 12.6. The molecule has 0 aliphatic carbocycles. The molecular weight excluding hydrogens is 243 g/mol. The van der Waals surface area contributed by atoms with Gasteiger partial charge >= 0.3 is 0 Å². The molecule has 1 fully saturated rings. The maximum atomic E-state index is 13.2. The van der Waals surface area contributed by atoms with E-state index in [1.165, 1.54) is 12.1 Å². The van der Waals surface area contributed by atoms with Crippen LogP contribution < -0.4 is 5.73 Å². The van der Waals surface area contributed by atoms with Crippen LogP contribution in [0, 0.1) is 12.7 Å². The fraction of sp³-hybridized carbons (Fsp3) is 0.417. The molecule has 1 heterocycles. The second-order valence-corrected chi connectivity index (χ2v) is 4.79. The predicted molar refractivity (Wildman–Crippen MR) is 64.6 cm³/mol. The molecule has 1 atom stereocenters. The number of halogens is 2. The lowest BCUT2D eigenvalue weighted by Gasteiger charge is -2.17. The highest BCUT2D eigenvalue weighted by Crippen LogP contribution is 2.23. The highest BCUT2D eigenvalue weighted by Gasteiger charge is 2.26. The van der Waals surface area contributed by atoms with Crippen molar-refractivity contribution in [2.24, 2.45) is 5.73 Å². The highest BCUT2D eigenvalue weighted by molar-refractivity contribution is 6.33. The minimum Gasteiger partial charge on any atom is -0.337 e. The summed E-state index contributed by atoms with van der Waals surface area (Å²) in [4.78, 5) is 13.8. The third-order valence-corrected chi connectivity index (χ3v) is 3.30. The summed E-state index contributed by atoms with van der Waals surface area (Å²) in [5, 5.41) is 0.151. The Morgan fingerprint density at radius 3 is 2.88 bits per heavy atom. The average Bonchev–Trinajstić information content (AvgIpc) is 2.69. The van der Waals surface area contributed by atoms with Crippen LogP contribution in [-0.4, -0.2) is 29.9 Å². The second-order valence-electron chi connectivity index (χ2n) is 4.38. The summed E-state index contributed by atoms with van der Waals surface area (Å²) < 4.78 is 13.2. The van der Waals surface area contributed by atoms with Gasteiger partial charge in [0.05, 0.1) is 10.6 Å². The van der Waals surface area contributed by atoms with Gasteiger partial charge in [-0.25, -0.2) is 4.39 Å². The van der Waals surface area contributed by atoms with Gasteiger partial charge in [0.2, 0.25) is 0 Å². The first-order chi connectivity index (χ1) is 7.99. The number of carbonyl (C=O) groups is 1. The van der Waals surface area contributed by atoms with Crippen molar-refractivity contribution in [1.82, 2.24) is 4.90 Å². The van der Waals surface area contributed by atoms with E-state index in [9.17, 15) is 9.18 Å². The Hall–Kier alpha value is -1.13. The molecule has 0 bridgehead atoms. The first-order valence-electron chi connectivity index (χ1n) is 5.49. The van der Waals surface area contributed by atoms with Gasteiger partial charge in [-0.15, -0.1) is 0 Å². The summed E-state index contributed by atoms with van der Waals surface area (Å²) in [6.45, 7) is 2.77. The molecule has 2 N–H and O–H groups in total. The molecule has 2 rings (SSSR count). The van der Waals surface area contributed by atoms with Crippen molar-refractivity contribution in [3.8, 4) is 0 Å². The number of rotatable bonds is 1. The molecule has 0 radical (unpaired) electrons. The molecule has 5 heteroatoms. The number of hydrogen-bond acceptors (Lipinski definition) is 2. The first-order valence-corrected chi connectivity index (χ1v) is 5.87. The Morgan fingerprint density at radius 2 is 2.29 bits per heavy atom. The molecule has 1 aromatic rings. The van der Waals surface area contributed by atoms with Crippen LogP contribution in [0.15, 0.2) is 12.1 Å². The molecule has 1 aliphatic heterocycles. The number of likely N-dealkylation sites (tertiary alicyclic amines) is 1. The Kier molecular flexibility index (Phi) is 3.35. The van der Waals surface area contributed by atoms with E-state index in [2.05, 4.69) is 0 Å². The van der Waals surface area contributed by atoms with Crippen LogP contribution in [-0.2, 0) is 0 Å². The van der Waals surface area contributed by atoms with Gasteiger partial charge in [0.1, 0.15) is 5.82 Å². The maximum Gasteiger partial charge on any atom is 0.255 e. The lowest BCUT2D eigenvalue weighted by molar-refractivity contribution is 0.0791. The SMILES string of the molecule is Cc1cc(C(=O)N2CC[C@H](N)C2)c(Cl)cc1F. The van der Waals surface area contributed by atoms with Gasteiger partial charge in [0.25, 0.3) is 5.91 Å². The van der Waals surface area contributed by atoms with Crippen LogP contribution in [0.1, 0.15) is 22.3 Å².